The zero-order valence-electron chi connectivity index (χ0n) is 34.6. The van der Waals surface area contributed by atoms with Crippen LogP contribution in [0.15, 0.2) is 60.8 Å². The third kappa shape index (κ3) is 31.2. The number of unbranched alkanes of at least 4 members (excludes halogenated alkanes) is 13. The average molecular weight is 755 g/mol. The summed E-state index contributed by atoms with van der Waals surface area (Å²) in [6.07, 6.45) is 44.3. The highest BCUT2D eigenvalue weighted by Gasteiger charge is 2.27. The maximum atomic E-state index is 12.5. The Kier molecular flexibility index (Phi) is 33.3. The Hall–Kier alpha value is -3.13. The Bertz CT molecular complexity index is 1080. The Morgan fingerprint density at radius 3 is 1.46 bits per heavy atom. The molecule has 1 aliphatic rings. The summed E-state index contributed by atoms with van der Waals surface area (Å²) in [5, 5.41) is 2.88. The fourth-order valence-electron chi connectivity index (χ4n) is 6.00. The van der Waals surface area contributed by atoms with Crippen LogP contribution in [-0.2, 0) is 23.8 Å². The minimum Gasteiger partial charge on any atom is -0.465 e. The van der Waals surface area contributed by atoms with E-state index in [0.29, 0.717) is 12.8 Å². The second-order valence-electron chi connectivity index (χ2n) is 14.6. The fourth-order valence-corrected chi connectivity index (χ4v) is 6.00. The maximum absolute atomic E-state index is 12.5. The van der Waals surface area contributed by atoms with Crippen LogP contribution in [0.1, 0.15) is 162 Å². The number of ether oxygens (including phenoxy) is 3. The van der Waals surface area contributed by atoms with E-state index in [-0.39, 0.29) is 37.8 Å². The van der Waals surface area contributed by atoms with Gasteiger partial charge in [0, 0.05) is 25.9 Å². The smallest absolute Gasteiger partial charge is 0.407 e. The minimum atomic E-state index is -0.494. The first-order chi connectivity index (χ1) is 26.5. The molecule has 54 heavy (non-hydrogen) atoms. The molecule has 1 rings (SSSR count). The third-order valence-electron chi connectivity index (χ3n) is 9.50. The van der Waals surface area contributed by atoms with Crippen LogP contribution < -0.4 is 5.32 Å². The van der Waals surface area contributed by atoms with Crippen LogP contribution in [0.3, 0.4) is 0 Å². The monoisotopic (exact) mass is 755 g/mol. The van der Waals surface area contributed by atoms with Crippen molar-refractivity contribution in [3.05, 3.63) is 60.8 Å². The normalized spacial score (nSPS) is 14.5. The molecule has 1 aliphatic heterocycles. The molecule has 8 nitrogen and oxygen atoms in total. The molecule has 1 amide bonds. The van der Waals surface area contributed by atoms with Gasteiger partial charge in [0.25, 0.3) is 0 Å². The van der Waals surface area contributed by atoms with Crippen LogP contribution in [0.5, 0.6) is 0 Å². The maximum Gasteiger partial charge on any atom is 0.407 e. The first-order valence-corrected chi connectivity index (χ1v) is 21.7. The molecule has 308 valence electrons. The lowest BCUT2D eigenvalue weighted by molar-refractivity contribution is -0.150. The molecule has 0 bridgehead atoms. The van der Waals surface area contributed by atoms with Crippen molar-refractivity contribution in [3.63, 3.8) is 0 Å². The number of amides is 1. The number of carbonyl (C=O) groups is 3. The van der Waals surface area contributed by atoms with Crippen molar-refractivity contribution in [2.75, 3.05) is 39.5 Å². The summed E-state index contributed by atoms with van der Waals surface area (Å²) in [5.74, 6) is -0.946. The van der Waals surface area contributed by atoms with Crippen molar-refractivity contribution in [1.82, 2.24) is 10.2 Å². The highest BCUT2D eigenvalue weighted by atomic mass is 16.6. The second kappa shape index (κ2) is 36.8. The van der Waals surface area contributed by atoms with Gasteiger partial charge in [-0.25, -0.2) is 4.79 Å². The summed E-state index contributed by atoms with van der Waals surface area (Å²) in [4.78, 5) is 39.6. The van der Waals surface area contributed by atoms with E-state index in [1.54, 1.807) is 0 Å². The molecule has 1 N–H and O–H groups in total. The number of esters is 2. The number of alkyl carbamates (subject to hydrolysis) is 1. The SMILES string of the molecule is CC/C=C\C/C=C\C/C=C\CCCCCCCC(=O)OCC(COC(=O)CCCCCCC/C=C\C/C=C\CCCCC)COC(=O)NC1CN(CC)C1. The Balaban J connectivity index is 2.24. The highest BCUT2D eigenvalue weighted by Crippen LogP contribution is 2.12. The Morgan fingerprint density at radius 2 is 0.981 bits per heavy atom. The molecule has 0 radical (unpaired) electrons. The van der Waals surface area contributed by atoms with Crippen LogP contribution in [-0.4, -0.2) is 68.4 Å². The van der Waals surface area contributed by atoms with Gasteiger partial charge < -0.3 is 19.5 Å². The Labute approximate surface area is 330 Å². The number of carbonyl (C=O) groups excluding carboxylic acids is 3. The molecule has 1 heterocycles. The predicted octanol–water partition coefficient (Wildman–Crippen LogP) is 11.5. The van der Waals surface area contributed by atoms with E-state index in [1.165, 1.54) is 32.1 Å². The molecular formula is C46H78N2O6. The van der Waals surface area contributed by atoms with Gasteiger partial charge in [-0.1, -0.05) is 133 Å². The summed E-state index contributed by atoms with van der Waals surface area (Å²) in [7, 11) is 0. The van der Waals surface area contributed by atoms with Gasteiger partial charge in [-0.15, -0.1) is 0 Å². The van der Waals surface area contributed by atoms with Gasteiger partial charge in [0.1, 0.15) is 19.8 Å². The quantitative estimate of drug-likeness (QED) is 0.0298. The number of allylic oxidation sites excluding steroid dienone is 10. The van der Waals surface area contributed by atoms with Crippen molar-refractivity contribution in [2.45, 2.75) is 168 Å². The first-order valence-electron chi connectivity index (χ1n) is 21.7. The van der Waals surface area contributed by atoms with Crippen molar-refractivity contribution in [3.8, 4) is 0 Å². The van der Waals surface area contributed by atoms with Crippen molar-refractivity contribution < 1.29 is 28.6 Å². The van der Waals surface area contributed by atoms with Crippen molar-refractivity contribution in [2.24, 2.45) is 5.92 Å². The molecule has 0 aromatic heterocycles. The summed E-state index contributed by atoms with van der Waals surface area (Å²) < 4.78 is 16.5. The van der Waals surface area contributed by atoms with E-state index < -0.39 is 12.0 Å². The number of nitrogens with zero attached hydrogens (tertiary/aromatic N) is 1. The fraction of sp³-hybridized carbons (Fsp3) is 0.717. The van der Waals surface area contributed by atoms with Gasteiger partial charge in [0.15, 0.2) is 0 Å². The van der Waals surface area contributed by atoms with E-state index in [0.717, 1.165) is 116 Å². The highest BCUT2D eigenvalue weighted by molar-refractivity contribution is 5.70. The molecule has 8 heteroatoms. The third-order valence-corrected chi connectivity index (χ3v) is 9.50. The molecule has 0 saturated carbocycles. The number of likely N-dealkylation sites (tertiary alicyclic amines) is 1. The summed E-state index contributed by atoms with van der Waals surface area (Å²) >= 11 is 0. The number of hydrogen-bond donors (Lipinski definition) is 1. The van der Waals surface area contributed by atoms with Crippen LogP contribution in [0.25, 0.3) is 0 Å². The molecule has 0 aromatic carbocycles. The van der Waals surface area contributed by atoms with Gasteiger partial charge in [0.05, 0.1) is 12.0 Å². The molecule has 0 spiro atoms. The topological polar surface area (TPSA) is 94.2 Å². The number of likely N-dealkylation sites (N-methyl/N-ethyl adjacent to an activating group) is 1. The molecule has 0 aliphatic carbocycles. The largest absolute Gasteiger partial charge is 0.465 e. The number of hydrogen-bond acceptors (Lipinski definition) is 7. The van der Waals surface area contributed by atoms with E-state index in [9.17, 15) is 14.4 Å². The summed E-state index contributed by atoms with van der Waals surface area (Å²) in [5.41, 5.74) is 0. The van der Waals surface area contributed by atoms with Gasteiger partial charge in [-0.3, -0.25) is 14.5 Å². The number of rotatable bonds is 35. The van der Waals surface area contributed by atoms with E-state index in [4.69, 9.17) is 14.2 Å². The van der Waals surface area contributed by atoms with Gasteiger partial charge in [-0.05, 0) is 83.6 Å². The Morgan fingerprint density at radius 1 is 0.556 bits per heavy atom. The van der Waals surface area contributed by atoms with Crippen LogP contribution in [0.4, 0.5) is 4.79 Å². The lowest BCUT2D eigenvalue weighted by Gasteiger charge is -2.38. The molecule has 1 saturated heterocycles. The van der Waals surface area contributed by atoms with Crippen molar-refractivity contribution >= 4 is 18.0 Å². The van der Waals surface area contributed by atoms with E-state index >= 15 is 0 Å². The zero-order chi connectivity index (χ0) is 39.2. The van der Waals surface area contributed by atoms with Crippen LogP contribution in [0.2, 0.25) is 0 Å². The molecule has 1 unspecified atom stereocenters. The van der Waals surface area contributed by atoms with E-state index in [1.807, 2.05) is 0 Å². The number of nitrogens with one attached hydrogen (secondary N) is 1. The molecule has 0 aromatic rings. The predicted molar refractivity (Wildman–Crippen MR) is 224 cm³/mol. The zero-order valence-corrected chi connectivity index (χ0v) is 34.6. The average Bonchev–Trinajstić information content (AvgIpc) is 3.15. The summed E-state index contributed by atoms with van der Waals surface area (Å²) in [6.45, 7) is 9.16. The first kappa shape index (κ1) is 48.9. The van der Waals surface area contributed by atoms with E-state index in [2.05, 4.69) is 91.7 Å². The molecule has 1 atom stereocenters. The van der Waals surface area contributed by atoms with Crippen LogP contribution >= 0.6 is 0 Å². The standard InChI is InChI=1S/C46H78N2O6/c1-4-7-9-11-13-15-17-19-21-23-25-27-29-31-33-35-44(49)52-39-42(41-54-46(51)47-43-37-48(6-3)38-43)40-53-45(50)36-34-32-30-28-26-24-22-20-18-16-14-12-10-8-5-2/h7,9,13-16,19-22,42-43H,4-6,8,10-12,17-18,23-41H2,1-3H3,(H,47,51)/b9-7-,15-13-,16-14-,21-19-,22-20-. The van der Waals surface area contributed by atoms with Crippen LogP contribution in [0, 0.1) is 5.92 Å². The van der Waals surface area contributed by atoms with Gasteiger partial charge in [-0.2, -0.15) is 0 Å². The molecular weight excluding hydrogens is 677 g/mol. The van der Waals surface area contributed by atoms with Gasteiger partial charge >= 0.3 is 18.0 Å². The van der Waals surface area contributed by atoms with Crippen molar-refractivity contribution in [1.29, 1.82) is 0 Å². The second-order valence-corrected chi connectivity index (χ2v) is 14.6. The molecule has 1 fully saturated rings. The van der Waals surface area contributed by atoms with Gasteiger partial charge in [0.2, 0.25) is 0 Å². The summed E-state index contributed by atoms with van der Waals surface area (Å²) in [6, 6.07) is 0.0807. The lowest BCUT2D eigenvalue weighted by Crippen LogP contribution is -2.59. The lowest BCUT2D eigenvalue weighted by atomic mass is 10.1. The minimum absolute atomic E-state index is 0.0152.